The molecule has 0 bridgehead atoms. The van der Waals surface area contributed by atoms with Gasteiger partial charge in [0.15, 0.2) is 0 Å². The fourth-order valence-electron chi connectivity index (χ4n) is 5.37. The Morgan fingerprint density at radius 2 is 0.443 bits per heavy atom. The van der Waals surface area contributed by atoms with Crippen molar-refractivity contribution in [2.45, 2.75) is 213 Å². The van der Waals surface area contributed by atoms with Gasteiger partial charge in [-0.15, -0.1) is 0 Å². The summed E-state index contributed by atoms with van der Waals surface area (Å²) in [6.07, 6.45) is 0. The first-order valence-corrected chi connectivity index (χ1v) is 22.2. The van der Waals surface area contributed by atoms with Gasteiger partial charge >= 0.3 is 5.97 Å². The number of nitrogens with zero attached hydrogens (tertiary/aromatic N) is 3. The predicted octanol–water partition coefficient (Wildman–Crippen LogP) is 0.196. The predicted molar refractivity (Wildman–Crippen MR) is 257 cm³/mol. The van der Waals surface area contributed by atoms with Crippen LogP contribution in [0.3, 0.4) is 0 Å². The van der Waals surface area contributed by atoms with Crippen LogP contribution in [0.4, 0.5) is 0 Å². The highest BCUT2D eigenvalue weighted by Crippen LogP contribution is 2.19. The molecule has 70 heavy (non-hydrogen) atoms. The van der Waals surface area contributed by atoms with Gasteiger partial charge in [-0.05, 0) is 158 Å². The zero-order valence-electron chi connectivity index (χ0n) is 45.2. The van der Waals surface area contributed by atoms with Crippen molar-refractivity contribution in [1.82, 2.24) is 53.2 Å². The normalized spacial score (nSPS) is 13.8. The highest BCUT2D eigenvalue weighted by Gasteiger charge is 2.47. The molecule has 0 aliphatic carbocycles. The molecule has 0 aromatic rings. The summed E-state index contributed by atoms with van der Waals surface area (Å²) in [4.78, 5) is 149. The van der Waals surface area contributed by atoms with Gasteiger partial charge in [-0.2, -0.15) is 0 Å². The molecule has 0 saturated heterocycles. The number of methoxy groups -OCH3 is 1. The van der Waals surface area contributed by atoms with Crippen LogP contribution in [0.25, 0.3) is 10.4 Å². The largest absolute Gasteiger partial charge is 0.467 e. The Morgan fingerprint density at radius 3 is 0.586 bits per heavy atom. The summed E-state index contributed by atoms with van der Waals surface area (Å²) >= 11 is 0. The van der Waals surface area contributed by atoms with Gasteiger partial charge in [-0.3, -0.25) is 47.9 Å². The number of azide groups is 1. The summed E-state index contributed by atoms with van der Waals surface area (Å²) in [6, 6.07) is 0. The molecule has 0 aliphatic rings. The second kappa shape index (κ2) is 21.2. The lowest BCUT2D eigenvalue weighted by molar-refractivity contribution is -0.150. The fourth-order valence-corrected chi connectivity index (χ4v) is 5.37. The number of esters is 1. The van der Waals surface area contributed by atoms with Crippen molar-refractivity contribution in [2.24, 2.45) is 5.11 Å². The van der Waals surface area contributed by atoms with E-state index in [4.69, 9.17) is 10.3 Å². The van der Waals surface area contributed by atoms with Crippen LogP contribution in [-0.4, -0.2) is 133 Å². The van der Waals surface area contributed by atoms with Crippen molar-refractivity contribution in [3.8, 4) is 0 Å². The molecule has 0 aliphatic heterocycles. The van der Waals surface area contributed by atoms with E-state index in [1.165, 1.54) is 152 Å². The molecule has 0 aromatic carbocycles. The quantitative estimate of drug-likeness (QED) is 0.0229. The molecule has 0 fully saturated rings. The molecule has 25 heteroatoms. The Kier molecular flexibility index (Phi) is 19.2. The van der Waals surface area contributed by atoms with Crippen molar-refractivity contribution in [3.05, 3.63) is 10.4 Å². The van der Waals surface area contributed by atoms with Crippen LogP contribution in [0, 0.1) is 0 Å². The fraction of sp³-hybridized carbons (Fsp3) is 0.756. The summed E-state index contributed by atoms with van der Waals surface area (Å²) in [5.74, 6) is -8.73. The Bertz CT molecular complexity index is 2180. The van der Waals surface area contributed by atoms with Gasteiger partial charge in [0.25, 0.3) is 0 Å². The van der Waals surface area contributed by atoms with Crippen LogP contribution in [-0.2, 0) is 57.5 Å². The number of carbonyl (C=O) groups is 11. The minimum atomic E-state index is -1.72. The number of amides is 10. The number of ether oxygens (including phenoxy) is 1. The number of nitrogens with one attached hydrogen (secondary N) is 10. The van der Waals surface area contributed by atoms with Crippen LogP contribution >= 0.6 is 0 Å². The zero-order chi connectivity index (χ0) is 56.0. The minimum absolute atomic E-state index is 0.718. The Labute approximate surface area is 410 Å². The summed E-state index contributed by atoms with van der Waals surface area (Å²) in [5.41, 5.74) is -9.17. The molecule has 0 spiro atoms. The zero-order valence-corrected chi connectivity index (χ0v) is 45.2. The van der Waals surface area contributed by atoms with Crippen molar-refractivity contribution >= 4 is 65.0 Å². The van der Waals surface area contributed by atoms with Gasteiger partial charge in [0.2, 0.25) is 59.1 Å². The second-order valence-corrected chi connectivity index (χ2v) is 23.0. The first-order valence-electron chi connectivity index (χ1n) is 22.2. The average Bonchev–Trinajstić information content (AvgIpc) is 3.15. The monoisotopic (exact) mass is 995 g/mol. The summed E-state index contributed by atoms with van der Waals surface area (Å²) in [5, 5.41) is 28.9. The van der Waals surface area contributed by atoms with E-state index in [1.54, 1.807) is 0 Å². The van der Waals surface area contributed by atoms with Crippen molar-refractivity contribution in [1.29, 1.82) is 0 Å². The SMILES string of the molecule is COC(=O)[C@@](C)([13CH3])NC(=O)C(C)(C)NC(=O)C(C)(C)NC(=O)C(C)(C)NC(=O)C(C)(C)NC(=O)C(C)(C)NC(=O)C(C)(C)NC(=O)C(C)(C)NC(=O)C(C)(C)NC(=O)C(C)(C)NC(=O)C(C)(C)N=[N+]=[N-]. The molecule has 0 unspecified atom stereocenters. The summed E-state index contributed by atoms with van der Waals surface area (Å²) < 4.78 is 4.71. The third kappa shape index (κ3) is 16.9. The maximum Gasteiger partial charge on any atom is 0.330 e. The van der Waals surface area contributed by atoms with E-state index >= 15 is 0 Å². The molecule has 1 atom stereocenters. The number of carbonyl (C=O) groups excluding carboxylic acids is 11. The van der Waals surface area contributed by atoms with Crippen molar-refractivity contribution in [2.75, 3.05) is 7.11 Å². The number of rotatable bonds is 22. The summed E-state index contributed by atoms with van der Waals surface area (Å²) in [6.45, 7) is 30.0. The van der Waals surface area contributed by atoms with Gasteiger partial charge in [0.05, 0.1) is 7.11 Å². The van der Waals surface area contributed by atoms with Gasteiger partial charge in [0.1, 0.15) is 60.9 Å². The molecule has 0 rings (SSSR count). The lowest BCUT2D eigenvalue weighted by Crippen LogP contribution is -2.70. The van der Waals surface area contributed by atoms with Crippen LogP contribution in [0.2, 0.25) is 0 Å². The van der Waals surface area contributed by atoms with E-state index in [0.29, 0.717) is 0 Å². The first-order chi connectivity index (χ1) is 30.8. The Hall–Kier alpha value is -6.52. The van der Waals surface area contributed by atoms with E-state index in [1.807, 2.05) is 0 Å². The van der Waals surface area contributed by atoms with Crippen molar-refractivity contribution in [3.63, 3.8) is 0 Å². The maximum absolute atomic E-state index is 13.7. The van der Waals surface area contributed by atoms with E-state index in [0.717, 1.165) is 7.11 Å². The van der Waals surface area contributed by atoms with E-state index < -0.39 is 126 Å². The molecule has 0 aromatic heterocycles. The molecule has 0 heterocycles. The molecule has 10 amide bonds. The van der Waals surface area contributed by atoms with E-state index in [9.17, 15) is 52.7 Å². The molecule has 25 nitrogen and oxygen atoms in total. The number of hydrogen-bond donors (Lipinski definition) is 10. The highest BCUT2D eigenvalue weighted by molar-refractivity contribution is 6.03. The van der Waals surface area contributed by atoms with Gasteiger partial charge in [-0.1, -0.05) is 5.11 Å². The standard InChI is InChI=1S/C45H79N13O12/c1-35(2,47-25(60)36(3,4)49-27(62)38(7,8)51-29(64)40(11,12)53-31(66)42(15,16)55-33(68)44(19,20)57-58-46)24(59)48-37(5,6)26(61)50-39(9,10)28(63)52-41(13,14)30(65)54-43(17,18)32(67)56-45(21,22)34(69)70-23/h1-23H3,(H,47,60)(H,48,59)(H,49,62)(H,50,61)(H,51,64)(H,52,63)(H,53,66)(H,54,65)(H,55,68)(H,56,67)/i21+1/t45-/m0/s1. The third-order valence-electron chi connectivity index (χ3n) is 10.9. The second-order valence-electron chi connectivity index (χ2n) is 23.0. The highest BCUT2D eigenvalue weighted by atomic mass is 16.5. The van der Waals surface area contributed by atoms with Crippen LogP contribution in [0.1, 0.15) is 152 Å². The Balaban J connectivity index is 5.82. The minimum Gasteiger partial charge on any atom is -0.467 e. The molecule has 0 radical (unpaired) electrons. The topological polar surface area (TPSA) is 366 Å². The van der Waals surface area contributed by atoms with Gasteiger partial charge in [-0.25, -0.2) is 4.79 Å². The maximum atomic E-state index is 13.7. The molecular weight excluding hydrogens is 916 g/mol. The van der Waals surface area contributed by atoms with Gasteiger partial charge in [0, 0.05) is 4.91 Å². The Morgan fingerprint density at radius 1 is 0.300 bits per heavy atom. The van der Waals surface area contributed by atoms with Crippen LogP contribution in [0.5, 0.6) is 0 Å². The molecular formula is C45H79N13O12. The third-order valence-corrected chi connectivity index (χ3v) is 10.9. The van der Waals surface area contributed by atoms with Crippen LogP contribution in [0.15, 0.2) is 5.11 Å². The average molecular weight is 995 g/mol. The molecule has 0 saturated carbocycles. The van der Waals surface area contributed by atoms with Gasteiger partial charge < -0.3 is 57.9 Å². The van der Waals surface area contributed by atoms with Crippen LogP contribution < -0.4 is 53.2 Å². The van der Waals surface area contributed by atoms with E-state index in [-0.39, 0.29) is 0 Å². The lowest BCUT2D eigenvalue weighted by Gasteiger charge is -2.38. The molecule has 10 N–H and O–H groups in total. The lowest BCUT2D eigenvalue weighted by atomic mass is 9.93. The summed E-state index contributed by atoms with van der Waals surface area (Å²) in [7, 11) is 1.16. The number of hydrogen-bond acceptors (Lipinski definition) is 13. The van der Waals surface area contributed by atoms with Crippen molar-refractivity contribution < 1.29 is 57.5 Å². The molecule has 396 valence electrons. The van der Waals surface area contributed by atoms with E-state index in [2.05, 4.69) is 63.2 Å². The first kappa shape index (κ1) is 63.5. The smallest absolute Gasteiger partial charge is 0.330 e.